The van der Waals surface area contributed by atoms with Crippen LogP contribution in [0.2, 0.25) is 0 Å². The number of rotatable bonds is 16. The molecule has 0 aromatic heterocycles. The Bertz CT molecular complexity index is 1130. The predicted octanol–water partition coefficient (Wildman–Crippen LogP) is 1.71. The van der Waals surface area contributed by atoms with Crippen molar-refractivity contribution in [3.63, 3.8) is 0 Å². The van der Waals surface area contributed by atoms with Crippen molar-refractivity contribution < 1.29 is 24.2 Å². The van der Waals surface area contributed by atoms with Gasteiger partial charge in [-0.05, 0) is 37.1 Å². The maximum Gasteiger partial charge on any atom is 0.299 e. The Morgan fingerprint density at radius 2 is 1.76 bits per heavy atom. The average Bonchev–Trinajstić information content (AvgIpc) is 2.90. The minimum absolute atomic E-state index is 0.0964. The van der Waals surface area contributed by atoms with Crippen molar-refractivity contribution >= 4 is 46.9 Å². The van der Waals surface area contributed by atoms with Gasteiger partial charge in [0.25, 0.3) is 11.4 Å². The largest absolute Gasteiger partial charge is 0.377 e. The molecule has 2 aromatic rings. The number of carbonyl (C=O) groups excluding carboxylic acids is 3. The van der Waals surface area contributed by atoms with Crippen LogP contribution in [0, 0.1) is 20.2 Å². The smallest absolute Gasteiger partial charge is 0.299 e. The number of amides is 2. The number of nitrogens with one attached hydrogen (secondary N) is 3. The first-order valence-corrected chi connectivity index (χ1v) is 12.8. The van der Waals surface area contributed by atoms with Gasteiger partial charge in [-0.3, -0.25) is 34.6 Å². The molecular weight excluding hydrogens is 516 g/mol. The first-order chi connectivity index (χ1) is 18.1. The Hall–Kier alpha value is -4.04. The number of thioether (sulfide) groups is 1. The van der Waals surface area contributed by atoms with E-state index in [2.05, 4.69) is 16.0 Å². The van der Waals surface area contributed by atoms with Crippen molar-refractivity contribution in [2.24, 2.45) is 5.73 Å². The van der Waals surface area contributed by atoms with Gasteiger partial charge in [0, 0.05) is 18.4 Å². The van der Waals surface area contributed by atoms with Gasteiger partial charge < -0.3 is 21.7 Å². The molecule has 0 saturated carbocycles. The van der Waals surface area contributed by atoms with Crippen molar-refractivity contribution in [3.05, 3.63) is 74.3 Å². The lowest BCUT2D eigenvalue weighted by Gasteiger charge is -2.22. The Morgan fingerprint density at radius 1 is 1.05 bits per heavy atom. The third-order valence-electron chi connectivity index (χ3n) is 5.29. The van der Waals surface area contributed by atoms with E-state index in [1.165, 1.54) is 24.2 Å². The summed E-state index contributed by atoms with van der Waals surface area (Å²) < 4.78 is 0. The monoisotopic (exact) mass is 545 g/mol. The molecule has 13 nitrogen and oxygen atoms in total. The predicted molar refractivity (Wildman–Crippen MR) is 144 cm³/mol. The highest BCUT2D eigenvalue weighted by atomic mass is 32.2. The highest BCUT2D eigenvalue weighted by molar-refractivity contribution is 7.99. The Kier molecular flexibility index (Phi) is 12.1. The van der Waals surface area contributed by atoms with Crippen molar-refractivity contribution in [2.75, 3.05) is 23.4 Å². The number of nitro benzene ring substituents is 2. The van der Waals surface area contributed by atoms with Crippen LogP contribution in [0.15, 0.2) is 48.5 Å². The summed E-state index contributed by atoms with van der Waals surface area (Å²) in [5.74, 6) is -0.288. The molecule has 2 amide bonds. The zero-order valence-corrected chi connectivity index (χ0v) is 21.4. The maximum atomic E-state index is 12.7. The Labute approximate surface area is 223 Å². The number of nitrogens with zero attached hydrogens (tertiary/aromatic N) is 2. The van der Waals surface area contributed by atoms with Gasteiger partial charge >= 0.3 is 0 Å². The molecule has 0 saturated heterocycles. The molecule has 0 unspecified atom stereocenters. The molecule has 203 valence electrons. The van der Waals surface area contributed by atoms with E-state index in [0.717, 1.165) is 36.8 Å². The van der Waals surface area contributed by atoms with E-state index in [-0.39, 0.29) is 12.2 Å². The molecule has 38 heavy (non-hydrogen) atoms. The van der Waals surface area contributed by atoms with Crippen LogP contribution in [0.5, 0.6) is 0 Å². The van der Waals surface area contributed by atoms with Gasteiger partial charge in [-0.2, -0.15) is 11.8 Å². The highest BCUT2D eigenvalue weighted by Crippen LogP contribution is 2.28. The Morgan fingerprint density at radius 3 is 2.39 bits per heavy atom. The number of nitrogens with two attached hydrogens (primary N) is 1. The van der Waals surface area contributed by atoms with Crippen LogP contribution in [0.3, 0.4) is 0 Å². The lowest BCUT2D eigenvalue weighted by molar-refractivity contribution is -0.393. The minimum Gasteiger partial charge on any atom is -0.377 e. The van der Waals surface area contributed by atoms with Crippen molar-refractivity contribution in [1.29, 1.82) is 0 Å². The summed E-state index contributed by atoms with van der Waals surface area (Å²) in [6.07, 6.45) is 3.38. The summed E-state index contributed by atoms with van der Waals surface area (Å²) in [6, 6.07) is 9.78. The van der Waals surface area contributed by atoms with E-state index in [9.17, 15) is 34.6 Å². The van der Waals surface area contributed by atoms with Gasteiger partial charge in [0.2, 0.25) is 18.1 Å². The lowest BCUT2D eigenvalue weighted by atomic mass is 10.1. The van der Waals surface area contributed by atoms with E-state index >= 15 is 0 Å². The number of anilines is 1. The van der Waals surface area contributed by atoms with Gasteiger partial charge in [0.15, 0.2) is 0 Å². The summed E-state index contributed by atoms with van der Waals surface area (Å²) in [5, 5.41) is 29.9. The molecule has 0 heterocycles. The third-order valence-corrected chi connectivity index (χ3v) is 6.46. The Balaban J connectivity index is 1.99. The normalized spacial score (nSPS) is 13.0. The fraction of sp³-hybridized carbons (Fsp3) is 0.375. The van der Waals surface area contributed by atoms with Crippen LogP contribution in [0.25, 0.3) is 0 Å². The van der Waals surface area contributed by atoms with E-state index in [4.69, 9.17) is 5.73 Å². The lowest BCUT2D eigenvalue weighted by Crippen LogP contribution is -2.56. The summed E-state index contributed by atoms with van der Waals surface area (Å²) in [5.41, 5.74) is 6.06. The van der Waals surface area contributed by atoms with Gasteiger partial charge in [0.05, 0.1) is 28.0 Å². The first kappa shape index (κ1) is 30.2. The van der Waals surface area contributed by atoms with Gasteiger partial charge in [-0.1, -0.05) is 30.3 Å². The molecule has 0 aliphatic carbocycles. The van der Waals surface area contributed by atoms with E-state index in [1.54, 1.807) is 6.29 Å². The first-order valence-electron chi connectivity index (χ1n) is 11.6. The fourth-order valence-corrected chi connectivity index (χ4v) is 4.21. The van der Waals surface area contributed by atoms with Crippen LogP contribution in [0.1, 0.15) is 18.9 Å². The number of aryl methyl sites for hydroxylation is 1. The van der Waals surface area contributed by atoms with Crippen molar-refractivity contribution in [3.8, 4) is 0 Å². The summed E-state index contributed by atoms with van der Waals surface area (Å²) in [7, 11) is 0. The zero-order valence-electron chi connectivity index (χ0n) is 20.6. The number of hydrogen-bond acceptors (Lipinski definition) is 10. The average molecular weight is 546 g/mol. The molecule has 0 fully saturated rings. The zero-order chi connectivity index (χ0) is 28.1. The van der Waals surface area contributed by atoms with Crippen molar-refractivity contribution in [1.82, 2.24) is 10.6 Å². The van der Waals surface area contributed by atoms with E-state index < -0.39 is 51.2 Å². The number of non-ortho nitro benzene ring substituents is 1. The molecule has 3 atom stereocenters. The van der Waals surface area contributed by atoms with Crippen LogP contribution in [0.4, 0.5) is 17.1 Å². The van der Waals surface area contributed by atoms with Crippen LogP contribution in [-0.2, 0) is 20.8 Å². The third kappa shape index (κ3) is 9.78. The second kappa shape index (κ2) is 15.3. The second-order valence-corrected chi connectivity index (χ2v) is 9.43. The summed E-state index contributed by atoms with van der Waals surface area (Å²) in [6.45, 7) is 1.06. The minimum atomic E-state index is -1.26. The molecule has 0 aliphatic heterocycles. The molecule has 14 heteroatoms. The van der Waals surface area contributed by atoms with Gasteiger partial charge in [-0.25, -0.2) is 0 Å². The molecule has 2 aromatic carbocycles. The second-order valence-electron chi connectivity index (χ2n) is 8.28. The molecule has 0 spiro atoms. The molecule has 0 bridgehead atoms. The number of carbonyl (C=O) groups is 2. The standard InChI is InChI=1S/C24H29N6O7S/c1-16(14-31)27-24(33)21(13-26-20-10-9-18(29(34)35)12-22(20)30(36)37)28-23(32)19(25)15-38-11-5-8-17-6-3-2-4-7-17/h2-4,6-7,9-10,12,16,19,21,26H,5,8,11,13,15,25H2,1H3,(H,27,33)(H,28,32)/t16-,19-,21-/m0/s1. The molecule has 5 N–H and O–H groups in total. The quantitative estimate of drug-likeness (QED) is 0.137. The molecule has 0 aliphatic rings. The molecule has 2 rings (SSSR count). The van der Waals surface area contributed by atoms with E-state index in [0.29, 0.717) is 5.75 Å². The molecule has 1 radical (unpaired) electrons. The fourth-order valence-electron chi connectivity index (χ4n) is 3.29. The number of benzene rings is 2. The van der Waals surface area contributed by atoms with Gasteiger partial charge in [0.1, 0.15) is 11.7 Å². The topological polar surface area (TPSA) is 200 Å². The molecular formula is C24H29N6O7S. The van der Waals surface area contributed by atoms with Gasteiger partial charge in [-0.15, -0.1) is 0 Å². The summed E-state index contributed by atoms with van der Waals surface area (Å²) in [4.78, 5) is 57.0. The van der Waals surface area contributed by atoms with Crippen LogP contribution < -0.4 is 21.7 Å². The van der Waals surface area contributed by atoms with Crippen LogP contribution in [-0.4, -0.2) is 64.1 Å². The summed E-state index contributed by atoms with van der Waals surface area (Å²) >= 11 is 1.49. The highest BCUT2D eigenvalue weighted by Gasteiger charge is 2.26. The van der Waals surface area contributed by atoms with E-state index in [1.807, 2.05) is 30.3 Å². The van der Waals surface area contributed by atoms with Crippen molar-refractivity contribution in [2.45, 2.75) is 37.9 Å². The maximum absolute atomic E-state index is 12.7. The number of hydrogen-bond donors (Lipinski definition) is 4. The SMILES string of the molecule is C[C@@H]([C]=O)NC(=O)[C@H](CNc1ccc([N+](=O)[O-])cc1[N+](=O)[O-])NC(=O)[C@@H](N)CSCCCc1ccccc1. The van der Waals surface area contributed by atoms with Crippen LogP contribution >= 0.6 is 11.8 Å². The number of nitro groups is 2.